The molecule has 2 unspecified atom stereocenters. The van der Waals surface area contributed by atoms with Crippen molar-refractivity contribution in [2.45, 2.75) is 24.0 Å². The second kappa shape index (κ2) is 7.95. The zero-order valence-corrected chi connectivity index (χ0v) is 17.3. The standard InChI is InChI=1S/C18H20N6O4S2/c19-11-5-12(20)23(9-1-3-10(25)4-2-9)18(22-11)30-7-8-6-29-16-13(21)15(26)24(16)14(8)17(27)28/h1-4,12-13,16,19,25H,5-7,20-21H2,(H,27,28)/t12?,13?,16-/m0/s1. The second-order valence-electron chi connectivity index (χ2n) is 6.98. The molecule has 0 aromatic heterocycles. The number of fused-ring (bicyclic) bond motifs is 1. The van der Waals surface area contributed by atoms with Crippen LogP contribution in [0.5, 0.6) is 5.75 Å². The minimum Gasteiger partial charge on any atom is -0.508 e. The van der Waals surface area contributed by atoms with Crippen LogP contribution in [0, 0.1) is 5.41 Å². The molecule has 1 aromatic rings. The molecule has 7 N–H and O–H groups in total. The maximum atomic E-state index is 12.1. The number of amides is 1. The molecule has 1 saturated heterocycles. The van der Waals surface area contributed by atoms with E-state index in [0.717, 1.165) is 0 Å². The number of benzene rings is 1. The molecule has 4 rings (SSSR count). The van der Waals surface area contributed by atoms with Crippen molar-refractivity contribution in [3.63, 3.8) is 0 Å². The lowest BCUT2D eigenvalue weighted by Crippen LogP contribution is -2.68. The largest absolute Gasteiger partial charge is 0.508 e. The molecular formula is C18H20N6O4S2. The van der Waals surface area contributed by atoms with Gasteiger partial charge in [-0.05, 0) is 29.8 Å². The summed E-state index contributed by atoms with van der Waals surface area (Å²) in [7, 11) is 0. The number of phenols is 1. The Kier molecular flexibility index (Phi) is 5.49. The molecule has 158 valence electrons. The molecule has 0 radical (unpaired) electrons. The van der Waals surface area contributed by atoms with Gasteiger partial charge in [0.15, 0.2) is 5.17 Å². The van der Waals surface area contributed by atoms with Crippen LogP contribution in [0.3, 0.4) is 0 Å². The first-order valence-electron chi connectivity index (χ1n) is 9.06. The smallest absolute Gasteiger partial charge is 0.352 e. The number of thioether (sulfide) groups is 2. The van der Waals surface area contributed by atoms with Crippen molar-refractivity contribution in [2.75, 3.05) is 16.4 Å². The van der Waals surface area contributed by atoms with Gasteiger partial charge in [0, 0.05) is 23.6 Å². The molecule has 1 amide bonds. The lowest BCUT2D eigenvalue weighted by atomic mass is 10.0. The maximum Gasteiger partial charge on any atom is 0.352 e. The zero-order valence-electron chi connectivity index (χ0n) is 15.7. The molecule has 3 heterocycles. The molecule has 12 heteroatoms. The van der Waals surface area contributed by atoms with Gasteiger partial charge in [-0.25, -0.2) is 9.79 Å². The molecule has 10 nitrogen and oxygen atoms in total. The lowest BCUT2D eigenvalue weighted by Gasteiger charge is -2.48. The van der Waals surface area contributed by atoms with E-state index in [1.807, 2.05) is 0 Å². The summed E-state index contributed by atoms with van der Waals surface area (Å²) in [5.74, 6) is -0.598. The number of rotatable bonds is 4. The molecule has 0 saturated carbocycles. The number of aliphatic imine (C=N–C) groups is 1. The number of aromatic hydroxyl groups is 1. The Balaban J connectivity index is 1.60. The van der Waals surface area contributed by atoms with E-state index < -0.39 is 24.1 Å². The van der Waals surface area contributed by atoms with Crippen molar-refractivity contribution >= 4 is 52.1 Å². The monoisotopic (exact) mass is 448 g/mol. The van der Waals surface area contributed by atoms with E-state index in [9.17, 15) is 19.8 Å². The van der Waals surface area contributed by atoms with Crippen LogP contribution in [0.2, 0.25) is 0 Å². The van der Waals surface area contributed by atoms with Gasteiger partial charge in [0.05, 0.1) is 6.17 Å². The highest BCUT2D eigenvalue weighted by Gasteiger charge is 2.51. The van der Waals surface area contributed by atoms with Crippen LogP contribution in [0.1, 0.15) is 6.42 Å². The van der Waals surface area contributed by atoms with Crippen LogP contribution in [0.4, 0.5) is 5.69 Å². The number of phenolic OH excluding ortho intramolecular Hbond substituents is 1. The Labute approximate surface area is 180 Å². The third-order valence-corrected chi connectivity index (χ3v) is 7.36. The summed E-state index contributed by atoms with van der Waals surface area (Å²) in [6.07, 6.45) is -0.263. The zero-order chi connectivity index (χ0) is 21.6. The minimum atomic E-state index is -1.17. The molecule has 3 aliphatic heterocycles. The van der Waals surface area contributed by atoms with Crippen LogP contribution < -0.4 is 16.4 Å². The van der Waals surface area contributed by atoms with Gasteiger partial charge in [-0.1, -0.05) is 11.8 Å². The van der Waals surface area contributed by atoms with Crippen molar-refractivity contribution in [1.29, 1.82) is 5.41 Å². The van der Waals surface area contributed by atoms with Gasteiger partial charge in [-0.3, -0.25) is 15.1 Å². The number of carboxylic acid groups (broad SMARTS) is 1. The van der Waals surface area contributed by atoms with E-state index in [4.69, 9.17) is 16.9 Å². The number of carboxylic acids is 1. The van der Waals surface area contributed by atoms with Crippen LogP contribution in [0.15, 0.2) is 40.5 Å². The first kappa shape index (κ1) is 20.7. The van der Waals surface area contributed by atoms with Gasteiger partial charge in [-0.2, -0.15) is 0 Å². The fourth-order valence-electron chi connectivity index (χ4n) is 3.51. The molecule has 30 heavy (non-hydrogen) atoms. The highest BCUT2D eigenvalue weighted by atomic mass is 32.2. The highest BCUT2D eigenvalue weighted by molar-refractivity contribution is 8.14. The van der Waals surface area contributed by atoms with Gasteiger partial charge in [0.2, 0.25) is 5.91 Å². The van der Waals surface area contributed by atoms with E-state index in [2.05, 4.69) is 4.99 Å². The predicted octanol–water partition coefficient (Wildman–Crippen LogP) is 0.535. The molecule has 1 aromatic carbocycles. The number of aliphatic carboxylic acids is 1. The maximum absolute atomic E-state index is 12.1. The molecule has 0 bridgehead atoms. The molecule has 1 fully saturated rings. The topological polar surface area (TPSA) is 169 Å². The Morgan fingerprint density at radius 1 is 1.30 bits per heavy atom. The summed E-state index contributed by atoms with van der Waals surface area (Å²) in [6.45, 7) is 0. The van der Waals surface area contributed by atoms with Crippen molar-refractivity contribution in [3.05, 3.63) is 35.5 Å². The average Bonchev–Trinajstić information content (AvgIpc) is 2.71. The van der Waals surface area contributed by atoms with Crippen LogP contribution in [-0.2, 0) is 9.59 Å². The summed E-state index contributed by atoms with van der Waals surface area (Å²) < 4.78 is 0. The number of amidine groups is 2. The Bertz CT molecular complexity index is 979. The second-order valence-corrected chi connectivity index (χ2v) is 9.03. The normalized spacial score (nSPS) is 26.3. The number of hydrogen-bond acceptors (Lipinski definition) is 9. The van der Waals surface area contributed by atoms with Crippen LogP contribution in [0.25, 0.3) is 0 Å². The number of nitrogens with zero attached hydrogens (tertiary/aromatic N) is 3. The Morgan fingerprint density at radius 3 is 2.67 bits per heavy atom. The van der Waals surface area contributed by atoms with E-state index in [1.165, 1.54) is 40.6 Å². The number of nitrogens with one attached hydrogen (secondary N) is 1. The molecule has 3 aliphatic rings. The van der Waals surface area contributed by atoms with E-state index in [-0.39, 0.29) is 34.8 Å². The Hall–Kier alpha value is -2.54. The first-order valence-corrected chi connectivity index (χ1v) is 11.1. The summed E-state index contributed by atoms with van der Waals surface area (Å²) in [4.78, 5) is 31.3. The van der Waals surface area contributed by atoms with Gasteiger partial charge in [0.25, 0.3) is 0 Å². The molecular weight excluding hydrogens is 428 g/mol. The van der Waals surface area contributed by atoms with Crippen molar-refractivity contribution in [2.24, 2.45) is 16.5 Å². The fourth-order valence-corrected chi connectivity index (χ4v) is 6.02. The van der Waals surface area contributed by atoms with Gasteiger partial charge in [-0.15, -0.1) is 11.8 Å². The highest BCUT2D eigenvalue weighted by Crippen LogP contribution is 2.40. The average molecular weight is 449 g/mol. The first-order chi connectivity index (χ1) is 14.3. The minimum absolute atomic E-state index is 0.0232. The van der Waals surface area contributed by atoms with Crippen molar-refractivity contribution < 1.29 is 19.8 Å². The Morgan fingerprint density at radius 2 is 2.00 bits per heavy atom. The fraction of sp³-hybridized carbons (Fsp3) is 0.333. The van der Waals surface area contributed by atoms with E-state index >= 15 is 0 Å². The summed E-state index contributed by atoms with van der Waals surface area (Å²) in [5, 5.41) is 27.3. The van der Waals surface area contributed by atoms with E-state index in [1.54, 1.807) is 17.0 Å². The van der Waals surface area contributed by atoms with E-state index in [0.29, 0.717) is 22.2 Å². The number of β-lactam (4-membered cyclic amide) rings is 1. The van der Waals surface area contributed by atoms with Crippen molar-refractivity contribution in [1.82, 2.24) is 4.90 Å². The summed E-state index contributed by atoms with van der Waals surface area (Å²) >= 11 is 2.70. The third-order valence-electron chi connectivity index (χ3n) is 4.97. The van der Waals surface area contributed by atoms with Gasteiger partial charge >= 0.3 is 5.97 Å². The number of carbonyl (C=O) groups is 2. The molecule has 0 aliphatic carbocycles. The predicted molar refractivity (Wildman–Crippen MR) is 117 cm³/mol. The number of anilines is 1. The summed E-state index contributed by atoms with van der Waals surface area (Å²) in [5.41, 5.74) is 13.3. The quantitative estimate of drug-likeness (QED) is 0.412. The SMILES string of the molecule is N=C1CC(N)N(c2ccc(O)cc2)C(SCC2=C(C(=O)O)N3C(=O)C(N)[C@@H]3SC2)=N1. The number of nitrogens with two attached hydrogens (primary N) is 2. The van der Waals surface area contributed by atoms with Crippen LogP contribution >= 0.6 is 23.5 Å². The van der Waals surface area contributed by atoms with Gasteiger partial charge < -0.3 is 26.6 Å². The van der Waals surface area contributed by atoms with Crippen molar-refractivity contribution in [3.8, 4) is 5.75 Å². The summed E-state index contributed by atoms with van der Waals surface area (Å²) in [6, 6.07) is 5.79. The molecule has 0 spiro atoms. The number of carbonyl (C=O) groups excluding carboxylic acids is 1. The third kappa shape index (κ3) is 3.55. The lowest BCUT2D eigenvalue weighted by molar-refractivity contribution is -0.147. The van der Waals surface area contributed by atoms with Gasteiger partial charge in [0.1, 0.15) is 28.7 Å². The molecule has 3 atom stereocenters. The number of hydrogen-bond donors (Lipinski definition) is 5. The van der Waals surface area contributed by atoms with Crippen LogP contribution in [-0.4, -0.2) is 67.1 Å².